The van der Waals surface area contributed by atoms with Crippen LogP contribution >= 0.6 is 7.82 Å². The summed E-state index contributed by atoms with van der Waals surface area (Å²) >= 11 is 0. The number of carbonyl (C=O) groups is 2. The Balaban J connectivity index is 1.47. The molecule has 2 unspecified atom stereocenters. The zero-order valence-electron chi connectivity index (χ0n) is 31.2. The van der Waals surface area contributed by atoms with Gasteiger partial charge in [0, 0.05) is 38.4 Å². The van der Waals surface area contributed by atoms with Crippen LogP contribution in [0.15, 0.2) is 52.2 Å². The van der Waals surface area contributed by atoms with E-state index < -0.39 is 56.2 Å². The van der Waals surface area contributed by atoms with Crippen molar-refractivity contribution in [2.75, 3.05) is 26.8 Å². The predicted octanol–water partition coefficient (Wildman–Crippen LogP) is 6.71. The third kappa shape index (κ3) is 17.0. The van der Waals surface area contributed by atoms with Gasteiger partial charge in [-0.2, -0.15) is 0 Å². The molecule has 2 heterocycles. The van der Waals surface area contributed by atoms with Gasteiger partial charge in [-0.05, 0) is 24.8 Å². The van der Waals surface area contributed by atoms with Crippen LogP contribution in [0.1, 0.15) is 115 Å². The Morgan fingerprint density at radius 1 is 0.868 bits per heavy atom. The van der Waals surface area contributed by atoms with E-state index in [1.807, 2.05) is 6.07 Å². The van der Waals surface area contributed by atoms with Gasteiger partial charge in [0.1, 0.15) is 31.6 Å². The smallest absolute Gasteiger partial charge is 0.431 e. The zero-order chi connectivity index (χ0) is 38.3. The number of H-pyrrole nitrogens is 1. The molecule has 0 radical (unpaired) electrons. The lowest BCUT2D eigenvalue weighted by Crippen LogP contribution is -2.38. The molecule has 1 saturated heterocycles. The van der Waals surface area contributed by atoms with Crippen LogP contribution in [0.3, 0.4) is 0 Å². The molecule has 2 aromatic rings. The van der Waals surface area contributed by atoms with E-state index in [0.717, 1.165) is 42.6 Å². The summed E-state index contributed by atoms with van der Waals surface area (Å²) in [4.78, 5) is 61.9. The number of aromatic amines is 1. The van der Waals surface area contributed by atoms with Crippen molar-refractivity contribution in [3.05, 3.63) is 69.0 Å². The predicted molar refractivity (Wildman–Crippen MR) is 199 cm³/mol. The van der Waals surface area contributed by atoms with Gasteiger partial charge in [0.2, 0.25) is 0 Å². The Hall–Kier alpha value is -3.49. The highest BCUT2D eigenvalue weighted by Crippen LogP contribution is 2.50. The molecule has 53 heavy (non-hydrogen) atoms. The second kappa shape index (κ2) is 24.8. The Bertz CT molecular complexity index is 1510. The van der Waals surface area contributed by atoms with Gasteiger partial charge in [-0.3, -0.25) is 23.4 Å². The molecule has 0 saturated carbocycles. The highest BCUT2D eigenvalue weighted by molar-refractivity contribution is 7.47. The average molecular weight is 767 g/mol. The standard InChI is InChI=1S/C37H59N4O11P/c1-3-4-5-6-7-8-9-10-11-12-13-14-18-24-38-35(43)39-25-19-22-30-33(52-53(46,47)48-2)31(51-34(30)41-26-23-32(42)40-36(41)44)28-50-37(45)49-27-29-20-16-15-17-21-29/h15-17,20-21,23,26,30-31,33-34H,3-14,18-19,22,24-25,27-28H2,1-2H3,(H,46,47)(H2,38,39,43)(H,40,42,44)/t30?,31-,33-,34-/m1/s1. The molecule has 1 aliphatic heterocycles. The van der Waals surface area contributed by atoms with E-state index in [4.69, 9.17) is 18.7 Å². The first kappa shape index (κ1) is 43.9. The van der Waals surface area contributed by atoms with E-state index >= 15 is 0 Å². The van der Waals surface area contributed by atoms with Crippen LogP contribution in [0.25, 0.3) is 0 Å². The maximum atomic E-state index is 12.8. The lowest BCUT2D eigenvalue weighted by atomic mass is 9.94. The molecule has 0 bridgehead atoms. The van der Waals surface area contributed by atoms with E-state index in [0.29, 0.717) is 13.0 Å². The van der Waals surface area contributed by atoms with Gasteiger partial charge in [-0.1, -0.05) is 114 Å². The molecule has 5 atom stereocenters. The number of carbonyl (C=O) groups excluding carboxylic acids is 2. The summed E-state index contributed by atoms with van der Waals surface area (Å²) < 4.78 is 40.5. The first-order valence-electron chi connectivity index (χ1n) is 19.0. The van der Waals surface area contributed by atoms with Gasteiger partial charge in [-0.15, -0.1) is 0 Å². The highest BCUT2D eigenvalue weighted by atomic mass is 31.2. The normalized spacial score (nSPS) is 19.4. The molecular formula is C37H59N4O11P. The van der Waals surface area contributed by atoms with E-state index in [1.54, 1.807) is 24.3 Å². The molecule has 2 amide bonds. The summed E-state index contributed by atoms with van der Waals surface area (Å²) in [5, 5.41) is 5.69. The van der Waals surface area contributed by atoms with Gasteiger partial charge in [-0.25, -0.2) is 18.9 Å². The van der Waals surface area contributed by atoms with Crippen LogP contribution in [0.2, 0.25) is 0 Å². The Morgan fingerprint density at radius 3 is 2.08 bits per heavy atom. The van der Waals surface area contributed by atoms with Crippen LogP contribution in [-0.4, -0.2) is 65.6 Å². The summed E-state index contributed by atoms with van der Waals surface area (Å²) in [5.74, 6) is -0.779. The molecule has 298 valence electrons. The molecule has 0 spiro atoms. The van der Waals surface area contributed by atoms with Crippen LogP contribution in [0, 0.1) is 5.92 Å². The SMILES string of the molecule is CCCCCCCCCCCCCCCNC(=O)NCCCC1[C@@H](OP(=O)(O)OC)[C@@H](COC(=O)OCc2ccccc2)O[C@H]1n1ccc(=O)[nH]c1=O. The fourth-order valence-electron chi connectivity index (χ4n) is 6.33. The molecule has 15 nitrogen and oxygen atoms in total. The van der Waals surface area contributed by atoms with Crippen LogP contribution in [0.5, 0.6) is 0 Å². The number of unbranched alkanes of at least 4 members (excludes halogenated alkanes) is 12. The number of urea groups is 1. The minimum Gasteiger partial charge on any atom is -0.431 e. The van der Waals surface area contributed by atoms with Crippen molar-refractivity contribution in [1.29, 1.82) is 0 Å². The van der Waals surface area contributed by atoms with Gasteiger partial charge < -0.3 is 29.7 Å². The first-order chi connectivity index (χ1) is 25.6. The maximum Gasteiger partial charge on any atom is 0.508 e. The monoisotopic (exact) mass is 766 g/mol. The molecule has 1 fully saturated rings. The second-order valence-corrected chi connectivity index (χ2v) is 14.9. The number of amides is 2. The van der Waals surface area contributed by atoms with Gasteiger partial charge >= 0.3 is 25.7 Å². The van der Waals surface area contributed by atoms with Gasteiger partial charge in [0.25, 0.3) is 5.56 Å². The third-order valence-corrected chi connectivity index (χ3v) is 10.2. The highest BCUT2D eigenvalue weighted by Gasteiger charge is 2.49. The topological polar surface area (TPSA) is 197 Å². The minimum absolute atomic E-state index is 0.0430. The number of benzene rings is 1. The van der Waals surface area contributed by atoms with E-state index in [-0.39, 0.29) is 25.6 Å². The van der Waals surface area contributed by atoms with Crippen LogP contribution in [0.4, 0.5) is 9.59 Å². The number of nitrogens with zero attached hydrogens (tertiary/aromatic N) is 1. The molecule has 4 N–H and O–H groups in total. The van der Waals surface area contributed by atoms with E-state index in [1.165, 1.54) is 70.4 Å². The molecule has 1 aliphatic rings. The van der Waals surface area contributed by atoms with Crippen molar-refractivity contribution in [3.63, 3.8) is 0 Å². The number of phosphoric acid groups is 1. The van der Waals surface area contributed by atoms with Gasteiger partial charge in [0.05, 0.1) is 0 Å². The minimum atomic E-state index is -4.60. The molecule has 1 aromatic carbocycles. The van der Waals surface area contributed by atoms with Crippen molar-refractivity contribution in [3.8, 4) is 0 Å². The molecular weight excluding hydrogens is 707 g/mol. The number of nitrogens with one attached hydrogen (secondary N) is 3. The number of rotatable bonds is 26. The van der Waals surface area contributed by atoms with Crippen molar-refractivity contribution in [2.45, 2.75) is 128 Å². The van der Waals surface area contributed by atoms with Crippen LogP contribution < -0.4 is 21.9 Å². The molecule has 3 rings (SSSR count). The number of phosphoric ester groups is 1. The third-order valence-electron chi connectivity index (χ3n) is 9.21. The van der Waals surface area contributed by atoms with Gasteiger partial charge in [0.15, 0.2) is 0 Å². The number of aromatic nitrogens is 2. The van der Waals surface area contributed by atoms with Crippen LogP contribution in [-0.2, 0) is 34.4 Å². The summed E-state index contributed by atoms with van der Waals surface area (Å²) in [6.07, 6.45) is 13.6. The largest absolute Gasteiger partial charge is 0.508 e. The van der Waals surface area contributed by atoms with Crippen molar-refractivity contribution in [1.82, 2.24) is 20.2 Å². The summed E-state index contributed by atoms with van der Waals surface area (Å²) in [6.45, 7) is 2.55. The summed E-state index contributed by atoms with van der Waals surface area (Å²) in [6, 6.07) is 9.79. The quantitative estimate of drug-likeness (QED) is 0.0451. The Kier molecular flexibility index (Phi) is 20.5. The van der Waals surface area contributed by atoms with Crippen molar-refractivity contribution >= 4 is 20.0 Å². The average Bonchev–Trinajstić information content (AvgIpc) is 3.47. The van der Waals surface area contributed by atoms with E-state index in [2.05, 4.69) is 27.1 Å². The molecule has 1 aromatic heterocycles. The fourth-order valence-corrected chi connectivity index (χ4v) is 7.02. The number of hydrogen-bond acceptors (Lipinski definition) is 10. The summed E-state index contributed by atoms with van der Waals surface area (Å²) in [7, 11) is -3.60. The summed E-state index contributed by atoms with van der Waals surface area (Å²) in [5.41, 5.74) is -0.661. The van der Waals surface area contributed by atoms with Crippen molar-refractivity contribution in [2.24, 2.45) is 5.92 Å². The molecule has 16 heteroatoms. The zero-order valence-corrected chi connectivity index (χ0v) is 32.1. The second-order valence-electron chi connectivity index (χ2n) is 13.4. The van der Waals surface area contributed by atoms with Crippen molar-refractivity contribution < 1.29 is 42.3 Å². The first-order valence-corrected chi connectivity index (χ1v) is 20.5. The lowest BCUT2D eigenvalue weighted by molar-refractivity contribution is -0.0607. The number of ether oxygens (including phenoxy) is 3. The number of hydrogen-bond donors (Lipinski definition) is 4. The maximum absolute atomic E-state index is 12.8. The Labute approximate surface area is 312 Å². The fraction of sp³-hybridized carbons (Fsp3) is 0.676. The molecule has 0 aliphatic carbocycles. The Morgan fingerprint density at radius 2 is 1.47 bits per heavy atom. The van der Waals surface area contributed by atoms with E-state index in [9.17, 15) is 28.6 Å². The lowest BCUT2D eigenvalue weighted by Gasteiger charge is -2.26.